The van der Waals surface area contributed by atoms with Crippen LogP contribution in [0.4, 0.5) is 4.79 Å². The van der Waals surface area contributed by atoms with Gasteiger partial charge >= 0.3 is 6.09 Å². The Kier molecular flexibility index (Phi) is 3.78. The molecule has 2 N–H and O–H groups in total. The van der Waals surface area contributed by atoms with Crippen molar-refractivity contribution in [2.45, 2.75) is 52.0 Å². The van der Waals surface area contributed by atoms with Crippen LogP contribution in [0.5, 0.6) is 0 Å². The number of rotatable bonds is 4. The number of amides is 1. The molecule has 0 radical (unpaired) electrons. The highest BCUT2D eigenvalue weighted by Gasteiger charge is 2.26. The van der Waals surface area contributed by atoms with E-state index in [1.54, 1.807) is 0 Å². The van der Waals surface area contributed by atoms with Crippen LogP contribution in [0.15, 0.2) is 18.3 Å². The van der Waals surface area contributed by atoms with Gasteiger partial charge in [-0.3, -0.25) is 4.98 Å². The molecule has 19 heavy (non-hydrogen) atoms. The number of aromatic nitrogens is 1. The van der Waals surface area contributed by atoms with Crippen molar-refractivity contribution in [2.75, 3.05) is 0 Å². The highest BCUT2D eigenvalue weighted by molar-refractivity contribution is 5.65. The molecule has 1 amide bonds. The van der Waals surface area contributed by atoms with E-state index < -0.39 is 6.09 Å². The summed E-state index contributed by atoms with van der Waals surface area (Å²) in [4.78, 5) is 15.4. The van der Waals surface area contributed by atoms with Gasteiger partial charge in [0, 0.05) is 6.20 Å². The minimum atomic E-state index is -0.998. The van der Waals surface area contributed by atoms with E-state index in [1.807, 2.05) is 12.3 Å². The molecule has 4 heteroatoms. The maximum atomic E-state index is 10.9. The molecular weight excluding hydrogens is 240 g/mol. The number of nitrogens with zero attached hydrogens (tertiary/aromatic N) is 1. The van der Waals surface area contributed by atoms with Crippen LogP contribution < -0.4 is 5.32 Å². The Balaban J connectivity index is 2.13. The van der Waals surface area contributed by atoms with Gasteiger partial charge in [-0.05, 0) is 42.2 Å². The van der Waals surface area contributed by atoms with Crippen LogP contribution in [0.25, 0.3) is 0 Å². The van der Waals surface area contributed by atoms with E-state index in [0.29, 0.717) is 5.92 Å². The number of nitrogens with one attached hydrogen (secondary N) is 1. The van der Waals surface area contributed by atoms with E-state index in [2.05, 4.69) is 37.1 Å². The van der Waals surface area contributed by atoms with Crippen LogP contribution in [0.1, 0.15) is 63.3 Å². The zero-order valence-corrected chi connectivity index (χ0v) is 11.8. The third kappa shape index (κ3) is 4.23. The average Bonchev–Trinajstić information content (AvgIpc) is 3.09. The zero-order valence-electron chi connectivity index (χ0n) is 11.8. The minimum Gasteiger partial charge on any atom is -0.465 e. The summed E-state index contributed by atoms with van der Waals surface area (Å²) in [6.07, 6.45) is 4.13. The largest absolute Gasteiger partial charge is 0.465 e. The highest BCUT2D eigenvalue weighted by Crippen LogP contribution is 2.40. The number of carboxylic acid groups (broad SMARTS) is 1. The van der Waals surface area contributed by atoms with Crippen molar-refractivity contribution < 1.29 is 9.90 Å². The van der Waals surface area contributed by atoms with E-state index in [1.165, 1.54) is 18.4 Å². The quantitative estimate of drug-likeness (QED) is 0.869. The summed E-state index contributed by atoms with van der Waals surface area (Å²) in [7, 11) is 0. The lowest BCUT2D eigenvalue weighted by Gasteiger charge is -2.25. The predicted octanol–water partition coefficient (Wildman–Crippen LogP) is 3.70. The number of hydrogen-bond acceptors (Lipinski definition) is 2. The van der Waals surface area contributed by atoms with Gasteiger partial charge in [-0.15, -0.1) is 0 Å². The van der Waals surface area contributed by atoms with Gasteiger partial charge in [0.05, 0.1) is 11.7 Å². The van der Waals surface area contributed by atoms with E-state index in [0.717, 1.165) is 12.1 Å². The summed E-state index contributed by atoms with van der Waals surface area (Å²) in [5, 5.41) is 11.5. The summed E-state index contributed by atoms with van der Waals surface area (Å²) >= 11 is 0. The van der Waals surface area contributed by atoms with Gasteiger partial charge < -0.3 is 10.4 Å². The lowest BCUT2D eigenvalue weighted by atomic mass is 9.87. The van der Waals surface area contributed by atoms with Crippen molar-refractivity contribution in [2.24, 2.45) is 5.41 Å². The summed E-state index contributed by atoms with van der Waals surface area (Å²) in [5.74, 6) is 0.676. The molecule has 1 aromatic heterocycles. The molecule has 0 spiro atoms. The SMILES string of the molecule is CC(C)(C)CC(NC(=O)O)c1ccc(C2CC2)cn1. The fraction of sp³-hybridized carbons (Fsp3) is 0.600. The van der Waals surface area contributed by atoms with Crippen LogP contribution in [0.3, 0.4) is 0 Å². The molecule has 1 fully saturated rings. The summed E-state index contributed by atoms with van der Waals surface area (Å²) < 4.78 is 0. The smallest absolute Gasteiger partial charge is 0.405 e. The standard InChI is InChI=1S/C15H22N2O2/c1-15(2,3)8-13(17-14(18)19)12-7-6-11(9-16-12)10-4-5-10/h6-7,9-10,13,17H,4-5,8H2,1-3H3,(H,18,19). The van der Waals surface area contributed by atoms with Crippen LogP contribution in [-0.4, -0.2) is 16.2 Å². The Labute approximate surface area is 114 Å². The number of hydrogen-bond donors (Lipinski definition) is 2. The molecule has 0 aliphatic heterocycles. The molecular formula is C15H22N2O2. The minimum absolute atomic E-state index is 0.0456. The van der Waals surface area contributed by atoms with E-state index in [4.69, 9.17) is 5.11 Å². The van der Waals surface area contributed by atoms with Crippen LogP contribution in [-0.2, 0) is 0 Å². The average molecular weight is 262 g/mol. The first-order valence-electron chi connectivity index (χ1n) is 6.80. The van der Waals surface area contributed by atoms with Crippen molar-refractivity contribution in [1.82, 2.24) is 10.3 Å². The Morgan fingerprint density at radius 1 is 1.47 bits per heavy atom. The van der Waals surface area contributed by atoms with Gasteiger partial charge in [0.2, 0.25) is 0 Å². The Morgan fingerprint density at radius 3 is 2.58 bits per heavy atom. The second-order valence-corrected chi connectivity index (χ2v) is 6.56. The number of carbonyl (C=O) groups is 1. The topological polar surface area (TPSA) is 62.2 Å². The fourth-order valence-corrected chi connectivity index (χ4v) is 2.27. The van der Waals surface area contributed by atoms with Gasteiger partial charge in [-0.1, -0.05) is 26.8 Å². The van der Waals surface area contributed by atoms with Crippen molar-refractivity contribution in [3.63, 3.8) is 0 Å². The number of pyridine rings is 1. The Hall–Kier alpha value is -1.58. The second kappa shape index (κ2) is 5.19. The monoisotopic (exact) mass is 262 g/mol. The van der Waals surface area contributed by atoms with Crippen molar-refractivity contribution >= 4 is 6.09 Å². The van der Waals surface area contributed by atoms with E-state index in [-0.39, 0.29) is 11.5 Å². The van der Waals surface area contributed by atoms with Gasteiger partial charge in [0.15, 0.2) is 0 Å². The molecule has 1 heterocycles. The maximum Gasteiger partial charge on any atom is 0.405 e. The van der Waals surface area contributed by atoms with Crippen LogP contribution in [0.2, 0.25) is 0 Å². The summed E-state index contributed by atoms with van der Waals surface area (Å²) in [6, 6.07) is 3.80. The molecule has 1 aromatic rings. The van der Waals surface area contributed by atoms with Gasteiger partial charge in [-0.2, -0.15) is 0 Å². The third-order valence-corrected chi connectivity index (χ3v) is 3.33. The lowest BCUT2D eigenvalue weighted by molar-refractivity contribution is 0.184. The molecule has 1 saturated carbocycles. The highest BCUT2D eigenvalue weighted by atomic mass is 16.4. The first-order chi connectivity index (χ1) is 8.85. The van der Waals surface area contributed by atoms with E-state index in [9.17, 15) is 4.79 Å². The van der Waals surface area contributed by atoms with Gasteiger partial charge in [-0.25, -0.2) is 4.79 Å². The first kappa shape index (κ1) is 13.8. The lowest BCUT2D eigenvalue weighted by Crippen LogP contribution is -2.30. The van der Waals surface area contributed by atoms with E-state index >= 15 is 0 Å². The molecule has 0 saturated heterocycles. The predicted molar refractivity (Wildman–Crippen MR) is 74.2 cm³/mol. The molecule has 1 unspecified atom stereocenters. The third-order valence-electron chi connectivity index (χ3n) is 3.33. The molecule has 2 rings (SSSR count). The van der Waals surface area contributed by atoms with Crippen molar-refractivity contribution in [1.29, 1.82) is 0 Å². The molecule has 0 aromatic carbocycles. The van der Waals surface area contributed by atoms with Gasteiger partial charge in [0.1, 0.15) is 0 Å². The molecule has 0 bridgehead atoms. The summed E-state index contributed by atoms with van der Waals surface area (Å²) in [6.45, 7) is 6.30. The molecule has 1 aliphatic carbocycles. The van der Waals surface area contributed by atoms with Crippen LogP contribution >= 0.6 is 0 Å². The van der Waals surface area contributed by atoms with Crippen molar-refractivity contribution in [3.05, 3.63) is 29.6 Å². The summed E-state index contributed by atoms with van der Waals surface area (Å²) in [5.41, 5.74) is 2.12. The maximum absolute atomic E-state index is 10.9. The Morgan fingerprint density at radius 2 is 2.16 bits per heavy atom. The fourth-order valence-electron chi connectivity index (χ4n) is 2.27. The molecule has 1 aliphatic rings. The molecule has 1 atom stereocenters. The molecule has 4 nitrogen and oxygen atoms in total. The normalized spacial score (nSPS) is 17.0. The second-order valence-electron chi connectivity index (χ2n) is 6.56. The zero-order chi connectivity index (χ0) is 14.0. The van der Waals surface area contributed by atoms with Crippen molar-refractivity contribution in [3.8, 4) is 0 Å². The Bertz CT molecular complexity index is 444. The van der Waals surface area contributed by atoms with Gasteiger partial charge in [0.25, 0.3) is 0 Å². The van der Waals surface area contributed by atoms with Crippen LogP contribution in [0, 0.1) is 5.41 Å². The first-order valence-corrected chi connectivity index (χ1v) is 6.80. The molecule has 104 valence electrons.